The summed E-state index contributed by atoms with van der Waals surface area (Å²) in [6.45, 7) is 0.760. The van der Waals surface area contributed by atoms with Crippen molar-refractivity contribution in [2.75, 3.05) is 19.0 Å². The van der Waals surface area contributed by atoms with Crippen LogP contribution in [-0.4, -0.2) is 52.1 Å². The largest absolute Gasteiger partial charge is 0.434 e. The van der Waals surface area contributed by atoms with Crippen molar-refractivity contribution < 1.29 is 19.5 Å². The third-order valence-electron chi connectivity index (χ3n) is 3.17. The van der Waals surface area contributed by atoms with Crippen molar-refractivity contribution >= 4 is 23.6 Å². The van der Waals surface area contributed by atoms with E-state index in [4.69, 9.17) is 16.4 Å². The molecule has 0 saturated carbocycles. The van der Waals surface area contributed by atoms with Gasteiger partial charge in [0.2, 0.25) is 0 Å². The highest BCUT2D eigenvalue weighted by molar-refractivity contribution is 6.27. The summed E-state index contributed by atoms with van der Waals surface area (Å²) in [6.07, 6.45) is -0.679. The van der Waals surface area contributed by atoms with Crippen LogP contribution in [-0.2, 0) is 16.2 Å². The maximum Gasteiger partial charge on any atom is 0.434 e. The number of aliphatic hydroxyl groups excluding tert-OH is 1. The van der Waals surface area contributed by atoms with Crippen molar-refractivity contribution in [3.63, 3.8) is 0 Å². The van der Waals surface area contributed by atoms with Gasteiger partial charge in [0.05, 0.1) is 19.2 Å². The van der Waals surface area contributed by atoms with E-state index >= 15 is 0 Å². The van der Waals surface area contributed by atoms with Gasteiger partial charge in [-0.2, -0.15) is 5.06 Å². The Morgan fingerprint density at radius 2 is 2.10 bits per heavy atom. The average molecular weight is 313 g/mol. The number of hydroxylamine groups is 2. The van der Waals surface area contributed by atoms with Crippen LogP contribution in [0.15, 0.2) is 30.3 Å². The zero-order valence-corrected chi connectivity index (χ0v) is 12.2. The highest BCUT2D eigenvalue weighted by Crippen LogP contribution is 2.13. The minimum Gasteiger partial charge on any atom is -0.391 e. The summed E-state index contributed by atoms with van der Waals surface area (Å²) in [7, 11) is 0. The monoisotopic (exact) mass is 312 g/mol. The number of benzene rings is 1. The normalized spacial score (nSPS) is 17.6. The Kier molecular flexibility index (Phi) is 5.41. The molecule has 1 fully saturated rings. The number of likely N-dealkylation sites (tertiary alicyclic amines) is 1. The Balaban J connectivity index is 1.99. The van der Waals surface area contributed by atoms with Crippen LogP contribution >= 0.6 is 11.6 Å². The van der Waals surface area contributed by atoms with Crippen LogP contribution in [0.4, 0.5) is 4.79 Å². The van der Waals surface area contributed by atoms with Gasteiger partial charge in [-0.15, -0.1) is 11.6 Å². The van der Waals surface area contributed by atoms with Gasteiger partial charge in [0.1, 0.15) is 5.88 Å². The van der Waals surface area contributed by atoms with Crippen LogP contribution < -0.4 is 0 Å². The lowest BCUT2D eigenvalue weighted by Gasteiger charge is -2.23. The van der Waals surface area contributed by atoms with Gasteiger partial charge in [-0.25, -0.2) is 4.79 Å². The first-order valence-corrected chi connectivity index (χ1v) is 7.19. The molecular formula is C14H17ClN2O4. The van der Waals surface area contributed by atoms with E-state index in [1.165, 1.54) is 4.90 Å². The Labute approximate surface area is 127 Å². The van der Waals surface area contributed by atoms with Gasteiger partial charge in [-0.3, -0.25) is 4.79 Å². The van der Waals surface area contributed by atoms with Gasteiger partial charge in [0, 0.05) is 6.54 Å². The number of rotatable bonds is 3. The predicted molar refractivity (Wildman–Crippen MR) is 76.4 cm³/mol. The standard InChI is InChI=1S/C14H17ClN2O4/c15-8-13(19)17(9-11-4-2-1-3-5-11)21-14(20)16-7-6-12(18)10-16/h1-5,12,18H,6-10H2. The number of carbonyl (C=O) groups excluding carboxylic acids is 2. The van der Waals surface area contributed by atoms with Gasteiger partial charge in [0.15, 0.2) is 0 Å². The van der Waals surface area contributed by atoms with Gasteiger partial charge in [-0.05, 0) is 12.0 Å². The molecule has 1 heterocycles. The lowest BCUT2D eigenvalue weighted by molar-refractivity contribution is -0.168. The highest BCUT2D eigenvalue weighted by atomic mass is 35.5. The molecule has 0 aliphatic carbocycles. The van der Waals surface area contributed by atoms with Gasteiger partial charge in [0.25, 0.3) is 5.91 Å². The van der Waals surface area contributed by atoms with Crippen LogP contribution in [0.5, 0.6) is 0 Å². The third kappa shape index (κ3) is 4.34. The number of alkyl halides is 1. The fourth-order valence-electron chi connectivity index (χ4n) is 2.05. The summed E-state index contributed by atoms with van der Waals surface area (Å²) >= 11 is 5.54. The van der Waals surface area contributed by atoms with Crippen LogP contribution in [0.1, 0.15) is 12.0 Å². The molecule has 0 bridgehead atoms. The Morgan fingerprint density at radius 3 is 2.67 bits per heavy atom. The summed E-state index contributed by atoms with van der Waals surface area (Å²) in [6, 6.07) is 9.16. The molecule has 2 amide bonds. The molecular weight excluding hydrogens is 296 g/mol. The SMILES string of the molecule is O=C(ON(Cc1ccccc1)C(=O)CCl)N1CCC(O)C1. The average Bonchev–Trinajstić information content (AvgIpc) is 2.93. The molecule has 2 rings (SSSR count). The van der Waals surface area contributed by atoms with Crippen LogP contribution in [0, 0.1) is 0 Å². The zero-order valence-electron chi connectivity index (χ0n) is 11.4. The summed E-state index contributed by atoms with van der Waals surface area (Å²) in [5, 5.41) is 10.4. The number of β-amino-alcohol motifs (C(OH)–C–C–N with tert-alkyl or cyclic N) is 1. The van der Waals surface area contributed by atoms with Crippen LogP contribution in [0.3, 0.4) is 0 Å². The molecule has 0 spiro atoms. The number of hydrogen-bond acceptors (Lipinski definition) is 4. The van der Waals surface area contributed by atoms with E-state index in [2.05, 4.69) is 0 Å². The molecule has 1 aliphatic rings. The summed E-state index contributed by atoms with van der Waals surface area (Å²) in [4.78, 5) is 30.2. The van der Waals surface area contributed by atoms with Crippen molar-refractivity contribution in [3.05, 3.63) is 35.9 Å². The molecule has 1 N–H and O–H groups in total. The minimum atomic E-state index is -0.652. The van der Waals surface area contributed by atoms with E-state index in [-0.39, 0.29) is 19.0 Å². The maximum atomic E-state index is 12.0. The number of amides is 2. The van der Waals surface area contributed by atoms with E-state index in [1.54, 1.807) is 0 Å². The van der Waals surface area contributed by atoms with Crippen molar-refractivity contribution in [3.8, 4) is 0 Å². The van der Waals surface area contributed by atoms with E-state index < -0.39 is 18.1 Å². The molecule has 1 aromatic rings. The molecule has 1 aliphatic heterocycles. The van der Waals surface area contributed by atoms with Gasteiger partial charge < -0.3 is 14.8 Å². The number of halogens is 1. The lowest BCUT2D eigenvalue weighted by Crippen LogP contribution is -2.39. The molecule has 1 atom stereocenters. The Hall–Kier alpha value is -1.79. The first kappa shape index (κ1) is 15.6. The minimum absolute atomic E-state index is 0.133. The van der Waals surface area contributed by atoms with E-state index in [0.29, 0.717) is 13.0 Å². The topological polar surface area (TPSA) is 70.1 Å². The Bertz CT molecular complexity index is 497. The summed E-state index contributed by atoms with van der Waals surface area (Å²) < 4.78 is 0. The van der Waals surface area contributed by atoms with E-state index in [0.717, 1.165) is 10.6 Å². The fraction of sp³-hybridized carbons (Fsp3) is 0.429. The Morgan fingerprint density at radius 1 is 1.38 bits per heavy atom. The number of aliphatic hydroxyl groups is 1. The first-order chi connectivity index (χ1) is 10.1. The number of carbonyl (C=O) groups is 2. The third-order valence-corrected chi connectivity index (χ3v) is 3.40. The predicted octanol–water partition coefficient (Wildman–Crippen LogP) is 1.37. The van der Waals surface area contributed by atoms with Crippen LogP contribution in [0.2, 0.25) is 0 Å². The fourth-order valence-corrected chi connectivity index (χ4v) is 2.18. The van der Waals surface area contributed by atoms with E-state index in [9.17, 15) is 14.7 Å². The van der Waals surface area contributed by atoms with Gasteiger partial charge in [-0.1, -0.05) is 30.3 Å². The second-order valence-electron chi connectivity index (χ2n) is 4.80. The summed E-state index contributed by atoms with van der Waals surface area (Å²) in [5.74, 6) is -0.767. The smallest absolute Gasteiger partial charge is 0.391 e. The van der Waals surface area contributed by atoms with Crippen molar-refractivity contribution in [2.24, 2.45) is 0 Å². The van der Waals surface area contributed by atoms with Crippen molar-refractivity contribution in [1.29, 1.82) is 0 Å². The van der Waals surface area contributed by atoms with Crippen molar-refractivity contribution in [2.45, 2.75) is 19.1 Å². The molecule has 21 heavy (non-hydrogen) atoms. The highest BCUT2D eigenvalue weighted by Gasteiger charge is 2.28. The summed E-state index contributed by atoms with van der Waals surface area (Å²) in [5.41, 5.74) is 0.824. The molecule has 0 aromatic heterocycles. The molecule has 0 radical (unpaired) electrons. The lowest BCUT2D eigenvalue weighted by atomic mass is 10.2. The second kappa shape index (κ2) is 7.28. The zero-order chi connectivity index (χ0) is 15.2. The van der Waals surface area contributed by atoms with Crippen molar-refractivity contribution in [1.82, 2.24) is 9.96 Å². The van der Waals surface area contributed by atoms with Gasteiger partial charge >= 0.3 is 6.09 Å². The van der Waals surface area contributed by atoms with E-state index in [1.807, 2.05) is 30.3 Å². The molecule has 7 heteroatoms. The molecule has 6 nitrogen and oxygen atoms in total. The number of nitrogens with zero attached hydrogens (tertiary/aromatic N) is 2. The van der Waals surface area contributed by atoms with Crippen LogP contribution in [0.25, 0.3) is 0 Å². The quantitative estimate of drug-likeness (QED) is 0.676. The maximum absolute atomic E-state index is 12.0. The number of hydrogen-bond donors (Lipinski definition) is 1. The molecule has 1 aromatic carbocycles. The second-order valence-corrected chi connectivity index (χ2v) is 5.06. The molecule has 1 unspecified atom stereocenters. The first-order valence-electron chi connectivity index (χ1n) is 6.65. The molecule has 114 valence electrons. The molecule has 1 saturated heterocycles.